The molecule has 0 aliphatic carbocycles. The Hall–Kier alpha value is -2.40. The third kappa shape index (κ3) is 3.68. The maximum Gasteiger partial charge on any atom is 0.224 e. The minimum atomic E-state index is 0.586. The molecule has 23 heavy (non-hydrogen) atoms. The van der Waals surface area contributed by atoms with E-state index in [0.29, 0.717) is 5.95 Å². The van der Waals surface area contributed by atoms with Gasteiger partial charge >= 0.3 is 0 Å². The molecule has 3 aromatic rings. The summed E-state index contributed by atoms with van der Waals surface area (Å²) >= 11 is 3.52. The topological polar surface area (TPSA) is 49.8 Å². The Labute approximate surface area is 144 Å². The van der Waals surface area contributed by atoms with Crippen LogP contribution in [-0.4, -0.2) is 17.0 Å². The molecule has 0 fully saturated rings. The highest BCUT2D eigenvalue weighted by Gasteiger charge is 2.07. The lowest BCUT2D eigenvalue weighted by molar-refractivity contribution is 1.15. The van der Waals surface area contributed by atoms with Gasteiger partial charge in [0, 0.05) is 28.8 Å². The molecule has 4 nitrogen and oxygen atoms in total. The number of hydrogen-bond donors (Lipinski definition) is 2. The molecule has 116 valence electrons. The molecule has 3 rings (SSSR count). The maximum atomic E-state index is 4.53. The van der Waals surface area contributed by atoms with Crippen LogP contribution in [0.25, 0.3) is 11.3 Å². The van der Waals surface area contributed by atoms with E-state index in [-0.39, 0.29) is 0 Å². The van der Waals surface area contributed by atoms with E-state index >= 15 is 0 Å². The van der Waals surface area contributed by atoms with Gasteiger partial charge in [0.15, 0.2) is 0 Å². The molecule has 1 aromatic heterocycles. The van der Waals surface area contributed by atoms with E-state index in [4.69, 9.17) is 0 Å². The molecule has 1 heterocycles. The van der Waals surface area contributed by atoms with E-state index in [1.54, 1.807) is 0 Å². The molecule has 2 N–H and O–H groups in total. The van der Waals surface area contributed by atoms with E-state index < -0.39 is 0 Å². The Bertz CT molecular complexity index is 819. The van der Waals surface area contributed by atoms with Crippen molar-refractivity contribution in [2.75, 3.05) is 17.7 Å². The van der Waals surface area contributed by atoms with Crippen molar-refractivity contribution in [2.24, 2.45) is 0 Å². The lowest BCUT2D eigenvalue weighted by Gasteiger charge is -2.11. The minimum Gasteiger partial charge on any atom is -0.357 e. The molecule has 0 bridgehead atoms. The molecule has 0 amide bonds. The highest BCUT2D eigenvalue weighted by molar-refractivity contribution is 9.10. The molecule has 0 radical (unpaired) electrons. The van der Waals surface area contributed by atoms with E-state index in [1.165, 1.54) is 5.56 Å². The summed E-state index contributed by atoms with van der Waals surface area (Å²) in [6.07, 6.45) is 0. The third-order valence-corrected chi connectivity index (χ3v) is 4.34. The van der Waals surface area contributed by atoms with Crippen LogP contribution in [-0.2, 0) is 0 Å². The fraction of sp³-hybridized carbons (Fsp3) is 0.111. The van der Waals surface area contributed by atoms with Gasteiger partial charge in [0.2, 0.25) is 5.95 Å². The van der Waals surface area contributed by atoms with Gasteiger partial charge in [0.25, 0.3) is 0 Å². The standard InChI is InChI=1S/C18H17BrN4/c1-12-10-14(8-9-15(12)19)21-17-11-16(22-18(20-2)23-17)13-6-4-3-5-7-13/h3-11H,1-2H3,(H2,20,21,22,23). The molecule has 2 aromatic carbocycles. The van der Waals surface area contributed by atoms with E-state index in [9.17, 15) is 0 Å². The fourth-order valence-corrected chi connectivity index (χ4v) is 2.50. The van der Waals surface area contributed by atoms with Crippen molar-refractivity contribution >= 4 is 33.4 Å². The SMILES string of the molecule is CNc1nc(Nc2ccc(Br)c(C)c2)cc(-c2ccccc2)n1. The van der Waals surface area contributed by atoms with Crippen molar-refractivity contribution in [1.82, 2.24) is 9.97 Å². The second-order valence-electron chi connectivity index (χ2n) is 5.17. The first kappa shape index (κ1) is 15.5. The van der Waals surface area contributed by atoms with Crippen LogP contribution in [0.1, 0.15) is 5.56 Å². The molecule has 0 aliphatic rings. The lowest BCUT2D eigenvalue weighted by atomic mass is 10.1. The van der Waals surface area contributed by atoms with Gasteiger partial charge in [-0.2, -0.15) is 4.98 Å². The van der Waals surface area contributed by atoms with Crippen LogP contribution in [0.3, 0.4) is 0 Å². The molecule has 0 atom stereocenters. The van der Waals surface area contributed by atoms with Crippen LogP contribution in [0.15, 0.2) is 59.1 Å². The Morgan fingerprint density at radius 2 is 1.74 bits per heavy atom. The van der Waals surface area contributed by atoms with Crippen molar-refractivity contribution in [3.05, 3.63) is 64.6 Å². The molecular formula is C18H17BrN4. The molecule has 0 saturated carbocycles. The number of aryl methyl sites for hydroxylation is 1. The van der Waals surface area contributed by atoms with Gasteiger partial charge in [-0.1, -0.05) is 46.3 Å². The number of nitrogens with zero attached hydrogens (tertiary/aromatic N) is 2. The van der Waals surface area contributed by atoms with Crippen LogP contribution in [0.4, 0.5) is 17.5 Å². The molecule has 5 heteroatoms. The van der Waals surface area contributed by atoms with Gasteiger partial charge in [0.05, 0.1) is 5.69 Å². The van der Waals surface area contributed by atoms with E-state index in [0.717, 1.165) is 27.2 Å². The van der Waals surface area contributed by atoms with Gasteiger partial charge in [0.1, 0.15) is 5.82 Å². The second kappa shape index (κ2) is 6.79. The van der Waals surface area contributed by atoms with Crippen LogP contribution in [0.2, 0.25) is 0 Å². The number of benzene rings is 2. The summed E-state index contributed by atoms with van der Waals surface area (Å²) in [6.45, 7) is 2.06. The largest absolute Gasteiger partial charge is 0.357 e. The lowest BCUT2D eigenvalue weighted by Crippen LogP contribution is -2.02. The van der Waals surface area contributed by atoms with E-state index in [2.05, 4.69) is 49.5 Å². The first-order valence-electron chi connectivity index (χ1n) is 7.31. The van der Waals surface area contributed by atoms with Crippen LogP contribution in [0, 0.1) is 6.92 Å². The zero-order valence-corrected chi connectivity index (χ0v) is 14.6. The van der Waals surface area contributed by atoms with Crippen molar-refractivity contribution in [1.29, 1.82) is 0 Å². The Balaban J connectivity index is 1.97. The highest BCUT2D eigenvalue weighted by atomic mass is 79.9. The van der Waals surface area contributed by atoms with Crippen molar-refractivity contribution in [3.8, 4) is 11.3 Å². The molecule has 0 spiro atoms. The monoisotopic (exact) mass is 368 g/mol. The first-order chi connectivity index (χ1) is 11.2. The smallest absolute Gasteiger partial charge is 0.224 e. The summed E-state index contributed by atoms with van der Waals surface area (Å²) in [5.74, 6) is 1.34. The van der Waals surface area contributed by atoms with Gasteiger partial charge < -0.3 is 10.6 Å². The highest BCUT2D eigenvalue weighted by Crippen LogP contribution is 2.25. The quantitative estimate of drug-likeness (QED) is 0.680. The Morgan fingerprint density at radius 3 is 2.43 bits per heavy atom. The van der Waals surface area contributed by atoms with Gasteiger partial charge in [-0.05, 0) is 30.7 Å². The molecule has 0 unspecified atom stereocenters. The van der Waals surface area contributed by atoms with Crippen molar-refractivity contribution < 1.29 is 0 Å². The molecular weight excluding hydrogens is 352 g/mol. The number of halogens is 1. The minimum absolute atomic E-state index is 0.586. The summed E-state index contributed by atoms with van der Waals surface area (Å²) < 4.78 is 1.09. The average Bonchev–Trinajstić information content (AvgIpc) is 2.58. The number of nitrogens with one attached hydrogen (secondary N) is 2. The summed E-state index contributed by atoms with van der Waals surface area (Å²) in [4.78, 5) is 9.01. The van der Waals surface area contributed by atoms with Crippen LogP contribution in [0.5, 0.6) is 0 Å². The predicted molar refractivity (Wildman–Crippen MR) is 99.2 cm³/mol. The van der Waals surface area contributed by atoms with E-state index in [1.807, 2.05) is 55.6 Å². The molecule has 0 saturated heterocycles. The van der Waals surface area contributed by atoms with Crippen LogP contribution >= 0.6 is 15.9 Å². The Kier molecular flexibility index (Phi) is 4.57. The van der Waals surface area contributed by atoms with Crippen molar-refractivity contribution in [3.63, 3.8) is 0 Å². The number of aromatic nitrogens is 2. The normalized spacial score (nSPS) is 10.4. The number of anilines is 3. The maximum absolute atomic E-state index is 4.53. The average molecular weight is 369 g/mol. The zero-order chi connectivity index (χ0) is 16.2. The fourth-order valence-electron chi connectivity index (χ4n) is 2.25. The number of hydrogen-bond acceptors (Lipinski definition) is 4. The third-order valence-electron chi connectivity index (χ3n) is 3.45. The second-order valence-corrected chi connectivity index (χ2v) is 6.02. The van der Waals surface area contributed by atoms with Gasteiger partial charge in [-0.25, -0.2) is 4.98 Å². The first-order valence-corrected chi connectivity index (χ1v) is 8.10. The molecule has 0 aliphatic heterocycles. The summed E-state index contributed by atoms with van der Waals surface area (Å²) in [5, 5.41) is 6.36. The van der Waals surface area contributed by atoms with Gasteiger partial charge in [-0.15, -0.1) is 0 Å². The zero-order valence-electron chi connectivity index (χ0n) is 13.0. The van der Waals surface area contributed by atoms with Gasteiger partial charge in [-0.3, -0.25) is 0 Å². The summed E-state index contributed by atoms with van der Waals surface area (Å²) in [7, 11) is 1.82. The number of rotatable bonds is 4. The predicted octanol–water partition coefficient (Wildman–Crippen LogP) is 5.00. The Morgan fingerprint density at radius 1 is 0.957 bits per heavy atom. The summed E-state index contributed by atoms with van der Waals surface area (Å²) in [6, 6.07) is 18.1. The summed E-state index contributed by atoms with van der Waals surface area (Å²) in [5.41, 5.74) is 4.09. The van der Waals surface area contributed by atoms with Crippen molar-refractivity contribution in [2.45, 2.75) is 6.92 Å². The van der Waals surface area contributed by atoms with Crippen LogP contribution < -0.4 is 10.6 Å².